The smallest absolute Gasteiger partial charge is 0.335 e. The lowest BCUT2D eigenvalue weighted by molar-refractivity contribution is -0.218. The number of benzene rings is 1. The number of sulfone groups is 1. The molecule has 1 aromatic carbocycles. The van der Waals surface area contributed by atoms with Crippen LogP contribution >= 0.6 is 0 Å². The van der Waals surface area contributed by atoms with Crippen LogP contribution in [0.2, 0.25) is 0 Å². The number of aromatic nitrogens is 2. The highest BCUT2D eigenvalue weighted by Gasteiger charge is 2.70. The maximum atomic E-state index is 12.1. The minimum atomic E-state index is -2.89. The minimum Gasteiger partial charge on any atom is -0.478 e. The van der Waals surface area contributed by atoms with Crippen LogP contribution in [-0.4, -0.2) is 77.8 Å². The van der Waals surface area contributed by atoms with Crippen LogP contribution in [0.25, 0.3) is 5.57 Å². The van der Waals surface area contributed by atoms with E-state index in [9.17, 15) is 18.3 Å². The van der Waals surface area contributed by atoms with Gasteiger partial charge in [0.25, 0.3) is 0 Å². The quantitative estimate of drug-likeness (QED) is 0.309. The molecule has 278 valence electrons. The van der Waals surface area contributed by atoms with Gasteiger partial charge in [-0.1, -0.05) is 52.8 Å². The summed E-state index contributed by atoms with van der Waals surface area (Å²) >= 11 is 0. The highest BCUT2D eigenvalue weighted by atomic mass is 32.2. The van der Waals surface area contributed by atoms with E-state index >= 15 is 0 Å². The number of fused-ring (bicyclic) bond motifs is 7. The molecule has 51 heavy (non-hydrogen) atoms. The van der Waals surface area contributed by atoms with Crippen LogP contribution in [0.3, 0.4) is 0 Å². The number of carboxylic acid groups (broad SMARTS) is 1. The average Bonchev–Trinajstić information content (AvgIpc) is 3.75. The van der Waals surface area contributed by atoms with Crippen molar-refractivity contribution in [2.45, 2.75) is 104 Å². The lowest BCUT2D eigenvalue weighted by Crippen LogP contribution is -2.68. The van der Waals surface area contributed by atoms with Crippen molar-refractivity contribution in [1.82, 2.24) is 20.4 Å². The predicted octanol–water partition coefficient (Wildman–Crippen LogP) is 7.08. The van der Waals surface area contributed by atoms with Crippen molar-refractivity contribution in [3.8, 4) is 0 Å². The van der Waals surface area contributed by atoms with E-state index in [1.54, 1.807) is 12.1 Å². The van der Waals surface area contributed by atoms with E-state index in [1.165, 1.54) is 44.1 Å². The number of carboxylic acids is 1. The first-order chi connectivity index (χ1) is 24.1. The van der Waals surface area contributed by atoms with Gasteiger partial charge in [-0.25, -0.2) is 13.2 Å². The number of nitrogens with one attached hydrogen (secondary N) is 1. The topological polar surface area (TPSA) is 126 Å². The zero-order valence-electron chi connectivity index (χ0n) is 31.3. The average molecular weight is 719 g/mol. The number of hydrogen-bond acceptors (Lipinski definition) is 8. The number of allylic oxidation sites excluding steroid dienone is 2. The molecule has 8 rings (SSSR count). The lowest BCUT2D eigenvalue weighted by Gasteiger charge is -2.72. The lowest BCUT2D eigenvalue weighted by atomic mass is 9.33. The van der Waals surface area contributed by atoms with Crippen LogP contribution in [0, 0.1) is 45.3 Å². The normalized spacial score (nSPS) is 41.4. The van der Waals surface area contributed by atoms with Crippen molar-refractivity contribution >= 4 is 21.4 Å². The predicted molar refractivity (Wildman–Crippen MR) is 198 cm³/mol. The van der Waals surface area contributed by atoms with Crippen molar-refractivity contribution in [3.05, 3.63) is 53.8 Å². The molecular weight excluding hydrogens is 661 g/mol. The maximum Gasteiger partial charge on any atom is 0.335 e. The number of aromatic carboxylic acids is 1. The monoisotopic (exact) mass is 718 g/mol. The molecule has 9 atom stereocenters. The number of rotatable bonds is 7. The summed E-state index contributed by atoms with van der Waals surface area (Å²) in [6, 6.07) is 7.54. The standard InChI is InChI=1S/C41H58N4O5S/c1-37(2)30(27-6-8-28(9-7-27)36(46)47)13-15-38(3)32(37)14-16-40(5)33(38)11-10-31-34-29(35-44-43-26-50-35)12-17-41(34,19-18-39(31,40)4)42-20-21-45-22-24-51(48,49)25-23-45/h6-9,13,26,29,31-34,42H,10-12,14-25H2,1-5H3,(H,46,47)/t29-,31-,32+,33-,34-,38+,39-,40-,41+/m1/s1. The Morgan fingerprint density at radius 2 is 1.69 bits per heavy atom. The Morgan fingerprint density at radius 3 is 2.37 bits per heavy atom. The van der Waals surface area contributed by atoms with Crippen LogP contribution in [-0.2, 0) is 9.84 Å². The molecule has 5 aliphatic carbocycles. The summed E-state index contributed by atoms with van der Waals surface area (Å²) in [5.41, 5.74) is 3.45. The van der Waals surface area contributed by atoms with Gasteiger partial charge in [-0.05, 0) is 126 Å². The Labute approximate surface area is 304 Å². The summed E-state index contributed by atoms with van der Waals surface area (Å²) in [7, 11) is -2.89. The fourth-order valence-corrected chi connectivity index (χ4v) is 15.1. The van der Waals surface area contributed by atoms with E-state index in [4.69, 9.17) is 4.42 Å². The van der Waals surface area contributed by atoms with E-state index < -0.39 is 15.8 Å². The first kappa shape index (κ1) is 35.5. The molecule has 10 heteroatoms. The van der Waals surface area contributed by atoms with Gasteiger partial charge in [-0.15, -0.1) is 10.2 Å². The van der Waals surface area contributed by atoms with Gasteiger partial charge in [0.15, 0.2) is 9.84 Å². The van der Waals surface area contributed by atoms with Crippen LogP contribution in [0.15, 0.2) is 41.2 Å². The third kappa shape index (κ3) is 5.42. The second-order valence-corrected chi connectivity index (χ2v) is 20.9. The number of hydrogen-bond donors (Lipinski definition) is 2. The van der Waals surface area contributed by atoms with Crippen LogP contribution < -0.4 is 5.32 Å². The molecule has 1 aromatic heterocycles. The molecular formula is C41H58N4O5S. The Hall–Kier alpha value is -2.56. The van der Waals surface area contributed by atoms with Gasteiger partial charge < -0.3 is 19.7 Å². The van der Waals surface area contributed by atoms with Gasteiger partial charge in [0.1, 0.15) is 0 Å². The summed E-state index contributed by atoms with van der Waals surface area (Å²) in [6.45, 7) is 15.9. The fraction of sp³-hybridized carbons (Fsp3) is 0.732. The molecule has 0 amide bonds. The molecule has 5 fully saturated rings. The Morgan fingerprint density at radius 1 is 0.941 bits per heavy atom. The van der Waals surface area contributed by atoms with Crippen molar-refractivity contribution in [1.29, 1.82) is 0 Å². The Balaban J connectivity index is 1.08. The molecule has 0 radical (unpaired) electrons. The van der Waals surface area contributed by atoms with Gasteiger partial charge in [-0.3, -0.25) is 0 Å². The summed E-state index contributed by atoms with van der Waals surface area (Å²) < 4.78 is 30.1. The molecule has 2 N–H and O–H groups in total. The van der Waals surface area contributed by atoms with Gasteiger partial charge in [0, 0.05) is 37.6 Å². The highest BCUT2D eigenvalue weighted by molar-refractivity contribution is 7.91. The summed E-state index contributed by atoms with van der Waals surface area (Å²) in [6.07, 6.45) is 14.5. The molecule has 0 spiro atoms. The van der Waals surface area contributed by atoms with Gasteiger partial charge >= 0.3 is 5.97 Å². The van der Waals surface area contributed by atoms with Crippen molar-refractivity contribution in [2.75, 3.05) is 37.7 Å². The number of carbonyl (C=O) groups is 1. The highest BCUT2D eigenvalue weighted by Crippen LogP contribution is 2.77. The zero-order valence-corrected chi connectivity index (χ0v) is 32.1. The molecule has 4 saturated carbocycles. The van der Waals surface area contributed by atoms with E-state index in [0.717, 1.165) is 50.2 Å². The molecule has 1 saturated heterocycles. The fourth-order valence-electron chi connectivity index (χ4n) is 13.8. The summed E-state index contributed by atoms with van der Waals surface area (Å²) in [4.78, 5) is 13.9. The van der Waals surface area contributed by atoms with E-state index in [-0.39, 0.29) is 44.6 Å². The van der Waals surface area contributed by atoms with Crippen LogP contribution in [0.4, 0.5) is 0 Å². The first-order valence-electron chi connectivity index (χ1n) is 19.6. The van der Waals surface area contributed by atoms with Gasteiger partial charge in [0.05, 0.1) is 17.1 Å². The van der Waals surface area contributed by atoms with Gasteiger partial charge in [0.2, 0.25) is 12.3 Å². The molecule has 2 heterocycles. The Bertz CT molecular complexity index is 1780. The second kappa shape index (κ2) is 12.2. The SMILES string of the molecule is CC1(C)C(c2ccc(C(=O)O)cc2)=CC[C@]2(C)[C@H]3CC[C@@H]4[C@H]5[C@H](c6nnco6)CC[C@]5(NCCN5CCS(=O)(=O)CC5)CC[C@@]4(C)[C@]3(C)CC[C@@H]12. The zero-order chi connectivity index (χ0) is 36.0. The van der Waals surface area contributed by atoms with Crippen molar-refractivity contribution in [2.24, 2.45) is 45.3 Å². The van der Waals surface area contributed by atoms with Crippen molar-refractivity contribution in [3.63, 3.8) is 0 Å². The molecule has 0 unspecified atom stereocenters. The Kier molecular flexibility index (Phi) is 8.51. The molecule has 2 aromatic rings. The molecule has 6 aliphatic rings. The van der Waals surface area contributed by atoms with E-state index in [2.05, 4.69) is 61.1 Å². The summed E-state index contributed by atoms with van der Waals surface area (Å²) in [5, 5.41) is 22.3. The molecule has 0 bridgehead atoms. The van der Waals surface area contributed by atoms with Gasteiger partial charge in [-0.2, -0.15) is 0 Å². The maximum absolute atomic E-state index is 12.1. The first-order valence-corrected chi connectivity index (χ1v) is 21.4. The van der Waals surface area contributed by atoms with E-state index in [0.29, 0.717) is 42.3 Å². The molecule has 9 nitrogen and oxygen atoms in total. The largest absolute Gasteiger partial charge is 0.478 e. The minimum absolute atomic E-state index is 0.0183. The van der Waals surface area contributed by atoms with Crippen LogP contribution in [0.1, 0.15) is 120 Å². The van der Waals surface area contributed by atoms with E-state index in [1.807, 2.05) is 12.1 Å². The van der Waals surface area contributed by atoms with Crippen molar-refractivity contribution < 1.29 is 22.7 Å². The molecule has 1 aliphatic heterocycles. The third-order valence-corrected chi connectivity index (χ3v) is 18.1. The third-order valence-electron chi connectivity index (χ3n) is 16.5. The number of nitrogens with zero attached hydrogens (tertiary/aromatic N) is 3. The van der Waals surface area contributed by atoms with Crippen LogP contribution in [0.5, 0.6) is 0 Å². The second-order valence-electron chi connectivity index (χ2n) is 18.6. The summed E-state index contributed by atoms with van der Waals surface area (Å²) in [5.74, 6) is 2.87.